The van der Waals surface area contributed by atoms with Crippen molar-refractivity contribution in [3.63, 3.8) is 0 Å². The number of imidazole rings is 1. The smallest absolute Gasteiger partial charge is 0.116 e. The van der Waals surface area contributed by atoms with Crippen molar-refractivity contribution in [1.29, 1.82) is 0 Å². The standard InChI is InChI=1S/C22H26N2Si.C13H13B/c1-3-10-19(2)17-25-22(24-16-15-23-18-24,20-11-6-4-7-12-20)21-13-8-5-9-14-21;14-13(11-7-3-1-4-8-11)12-9-5-2-6-10-12/h4-9,11-18H,3,10,25H2,1-2H3;1-10,13H,14H2. The van der Waals surface area contributed by atoms with E-state index in [0.717, 1.165) is 0 Å². The SMILES string of the molecule is BC(c1ccccc1)c1ccccc1.CCCC(C)=C[SiH2]C(c1ccccc1)(c1ccccc1)n1ccnc1. The van der Waals surface area contributed by atoms with E-state index in [2.05, 4.69) is 164 Å². The third kappa shape index (κ3) is 7.16. The van der Waals surface area contributed by atoms with Crippen LogP contribution >= 0.6 is 0 Å². The van der Waals surface area contributed by atoms with Gasteiger partial charge in [0, 0.05) is 12.4 Å². The van der Waals surface area contributed by atoms with Crippen molar-refractivity contribution in [2.45, 2.75) is 37.7 Å². The van der Waals surface area contributed by atoms with E-state index in [1.807, 2.05) is 12.5 Å². The van der Waals surface area contributed by atoms with Crippen LogP contribution in [-0.2, 0) is 5.16 Å². The highest BCUT2D eigenvalue weighted by atomic mass is 28.2. The number of nitrogens with zero attached hydrogens (tertiary/aromatic N) is 2. The van der Waals surface area contributed by atoms with Gasteiger partial charge in [-0.25, -0.2) is 4.98 Å². The fraction of sp³-hybridized carbons (Fsp3) is 0.171. The van der Waals surface area contributed by atoms with Crippen molar-refractivity contribution in [2.75, 3.05) is 0 Å². The molecule has 5 aromatic rings. The average molecular weight is 527 g/mol. The van der Waals surface area contributed by atoms with Crippen molar-refractivity contribution >= 4 is 17.4 Å². The van der Waals surface area contributed by atoms with Crippen LogP contribution in [0.5, 0.6) is 0 Å². The van der Waals surface area contributed by atoms with Gasteiger partial charge in [0.2, 0.25) is 0 Å². The normalized spacial score (nSPS) is 11.9. The zero-order chi connectivity index (χ0) is 27.3. The van der Waals surface area contributed by atoms with Crippen molar-refractivity contribution in [3.05, 3.63) is 174 Å². The molecule has 0 bridgehead atoms. The van der Waals surface area contributed by atoms with Gasteiger partial charge in [0.25, 0.3) is 0 Å². The Balaban J connectivity index is 0.000000212. The van der Waals surface area contributed by atoms with Crippen LogP contribution in [0.15, 0.2) is 151 Å². The molecule has 0 atom stereocenters. The van der Waals surface area contributed by atoms with Crippen LogP contribution in [0.4, 0.5) is 0 Å². The van der Waals surface area contributed by atoms with Gasteiger partial charge in [-0.3, -0.25) is 0 Å². The van der Waals surface area contributed by atoms with E-state index < -0.39 is 9.52 Å². The predicted molar refractivity (Wildman–Crippen MR) is 172 cm³/mol. The first-order valence-corrected chi connectivity index (χ1v) is 15.5. The number of rotatable bonds is 9. The molecule has 0 radical (unpaired) electrons. The third-order valence-corrected chi connectivity index (χ3v) is 10.1. The first-order chi connectivity index (χ1) is 19.1. The molecule has 196 valence electrons. The Morgan fingerprint density at radius 1 is 0.795 bits per heavy atom. The largest absolute Gasteiger partial charge is 0.326 e. The highest BCUT2D eigenvalue weighted by molar-refractivity contribution is 6.47. The topological polar surface area (TPSA) is 17.8 Å². The Labute approximate surface area is 237 Å². The fourth-order valence-electron chi connectivity index (χ4n) is 5.21. The van der Waals surface area contributed by atoms with Gasteiger partial charge in [-0.1, -0.05) is 146 Å². The molecule has 0 aliphatic carbocycles. The van der Waals surface area contributed by atoms with E-state index in [4.69, 9.17) is 0 Å². The Kier molecular flexibility index (Phi) is 10.3. The highest BCUT2D eigenvalue weighted by Crippen LogP contribution is 2.33. The Hall–Kier alpha value is -3.89. The lowest BCUT2D eigenvalue weighted by Crippen LogP contribution is -2.41. The van der Waals surface area contributed by atoms with Crippen LogP contribution in [0.2, 0.25) is 0 Å². The van der Waals surface area contributed by atoms with Gasteiger partial charge >= 0.3 is 0 Å². The number of benzene rings is 4. The summed E-state index contributed by atoms with van der Waals surface area (Å²) in [5.74, 6) is 0.484. The second-order valence-corrected chi connectivity index (χ2v) is 11.9. The quantitative estimate of drug-likeness (QED) is 0.191. The lowest BCUT2D eigenvalue weighted by molar-refractivity contribution is 0.596. The first-order valence-electron chi connectivity index (χ1n) is 14.0. The number of hydrogen-bond acceptors (Lipinski definition) is 1. The van der Waals surface area contributed by atoms with Gasteiger partial charge in [-0.15, -0.1) is 0 Å². The minimum Gasteiger partial charge on any atom is -0.326 e. The molecule has 2 nitrogen and oxygen atoms in total. The van der Waals surface area contributed by atoms with E-state index in [1.54, 1.807) is 0 Å². The van der Waals surface area contributed by atoms with Crippen molar-refractivity contribution in [3.8, 4) is 0 Å². The van der Waals surface area contributed by atoms with E-state index in [-0.39, 0.29) is 5.16 Å². The van der Waals surface area contributed by atoms with Gasteiger partial charge in [0.1, 0.15) is 7.85 Å². The lowest BCUT2D eigenvalue weighted by Gasteiger charge is -2.36. The molecule has 1 aromatic heterocycles. The zero-order valence-corrected chi connectivity index (χ0v) is 24.9. The maximum Gasteiger partial charge on any atom is 0.116 e. The van der Waals surface area contributed by atoms with Gasteiger partial charge < -0.3 is 4.57 Å². The summed E-state index contributed by atoms with van der Waals surface area (Å²) in [6.07, 6.45) is 8.34. The van der Waals surface area contributed by atoms with E-state index in [9.17, 15) is 0 Å². The first kappa shape index (κ1) is 28.1. The maximum atomic E-state index is 4.37. The van der Waals surface area contributed by atoms with Crippen LogP contribution in [0.3, 0.4) is 0 Å². The molecule has 0 N–H and O–H groups in total. The summed E-state index contributed by atoms with van der Waals surface area (Å²) in [5, 5.41) is -0.145. The molecule has 0 spiro atoms. The van der Waals surface area contributed by atoms with E-state index in [1.165, 1.54) is 40.7 Å². The molecule has 0 unspecified atom stereocenters. The minimum atomic E-state index is -0.654. The summed E-state index contributed by atoms with van der Waals surface area (Å²) in [7, 11) is 1.59. The van der Waals surface area contributed by atoms with Crippen LogP contribution in [-0.4, -0.2) is 26.9 Å². The molecule has 0 fully saturated rings. The molecular formula is C35H39BN2Si. The van der Waals surface area contributed by atoms with Crippen molar-refractivity contribution < 1.29 is 0 Å². The lowest BCUT2D eigenvalue weighted by atomic mass is 9.76. The van der Waals surface area contributed by atoms with Gasteiger partial charge in [-0.2, -0.15) is 0 Å². The highest BCUT2D eigenvalue weighted by Gasteiger charge is 2.35. The monoisotopic (exact) mass is 526 g/mol. The van der Waals surface area contributed by atoms with Gasteiger partial charge in [0.05, 0.1) is 21.0 Å². The van der Waals surface area contributed by atoms with Gasteiger partial charge in [0.15, 0.2) is 0 Å². The molecule has 4 aromatic carbocycles. The summed E-state index contributed by atoms with van der Waals surface area (Å²) >= 11 is 0. The van der Waals surface area contributed by atoms with E-state index >= 15 is 0 Å². The summed E-state index contributed by atoms with van der Waals surface area (Å²) in [6.45, 7) is 4.52. The van der Waals surface area contributed by atoms with Crippen LogP contribution < -0.4 is 0 Å². The summed E-state index contributed by atoms with van der Waals surface area (Å²) in [6, 6.07) is 42.9. The molecule has 0 aliphatic rings. The molecule has 0 saturated carbocycles. The molecule has 0 aliphatic heterocycles. The van der Waals surface area contributed by atoms with Crippen LogP contribution in [0.1, 0.15) is 54.8 Å². The fourth-order valence-corrected chi connectivity index (χ4v) is 7.40. The second kappa shape index (κ2) is 14.3. The summed E-state index contributed by atoms with van der Waals surface area (Å²) in [4.78, 5) is 4.37. The molecule has 5 rings (SSSR count). The molecule has 4 heteroatoms. The summed E-state index contributed by atoms with van der Waals surface area (Å²) in [5.41, 5.74) is 9.46. The number of allylic oxidation sites excluding steroid dienone is 1. The van der Waals surface area contributed by atoms with Gasteiger partial charge in [-0.05, 0) is 41.4 Å². The second-order valence-electron chi connectivity index (χ2n) is 10.1. The van der Waals surface area contributed by atoms with Crippen LogP contribution in [0, 0.1) is 0 Å². The van der Waals surface area contributed by atoms with Crippen molar-refractivity contribution in [1.82, 2.24) is 9.55 Å². The Morgan fingerprint density at radius 3 is 1.67 bits per heavy atom. The molecule has 1 heterocycles. The average Bonchev–Trinajstić information content (AvgIpc) is 3.55. The number of hydrogen-bond donors (Lipinski definition) is 0. The third-order valence-electron chi connectivity index (χ3n) is 7.44. The Bertz CT molecular complexity index is 1310. The van der Waals surface area contributed by atoms with Crippen molar-refractivity contribution in [2.24, 2.45) is 0 Å². The Morgan fingerprint density at radius 2 is 1.26 bits per heavy atom. The van der Waals surface area contributed by atoms with Crippen LogP contribution in [0.25, 0.3) is 0 Å². The number of aromatic nitrogens is 2. The molecule has 0 saturated heterocycles. The minimum absolute atomic E-state index is 0.145. The predicted octanol–water partition coefficient (Wildman–Crippen LogP) is 6.91. The molecule has 0 amide bonds. The zero-order valence-electron chi connectivity index (χ0n) is 23.4. The van der Waals surface area contributed by atoms with E-state index in [0.29, 0.717) is 5.82 Å². The molecular weight excluding hydrogens is 487 g/mol. The maximum absolute atomic E-state index is 4.37. The molecule has 39 heavy (non-hydrogen) atoms. The summed E-state index contributed by atoms with van der Waals surface area (Å²) < 4.78 is 2.31.